The zero-order valence-corrected chi connectivity index (χ0v) is 45.9. The first-order valence-electron chi connectivity index (χ1n) is 27.6. The van der Waals surface area contributed by atoms with E-state index in [1.165, 1.54) is 161 Å². The van der Waals surface area contributed by atoms with Gasteiger partial charge in [-0.05, 0) is 30.5 Å². The van der Waals surface area contributed by atoms with Gasteiger partial charge in [0.2, 0.25) is 0 Å². The number of ether oxygens (including phenoxy) is 5. The maximum Gasteiger partial charge on any atom is 0.407 e. The average molecular weight is 1020 g/mol. The second-order valence-corrected chi connectivity index (χ2v) is 21.4. The van der Waals surface area contributed by atoms with E-state index in [1.54, 1.807) is 21.6 Å². The lowest BCUT2D eigenvalue weighted by molar-refractivity contribution is -0.161. The summed E-state index contributed by atoms with van der Waals surface area (Å²) in [5.41, 5.74) is 0.812. The molecule has 0 heterocycles. The van der Waals surface area contributed by atoms with Crippen molar-refractivity contribution in [2.45, 2.75) is 249 Å². The van der Waals surface area contributed by atoms with Crippen LogP contribution in [-0.4, -0.2) is 81.5 Å². The zero-order chi connectivity index (χ0) is 51.0. The summed E-state index contributed by atoms with van der Waals surface area (Å²) >= 11 is 0. The lowest BCUT2D eigenvalue weighted by Gasteiger charge is -2.18. The lowest BCUT2D eigenvalue weighted by atomic mass is 10.0. The molecule has 2 unspecified atom stereocenters. The van der Waals surface area contributed by atoms with Gasteiger partial charge < -0.3 is 39.6 Å². The third-order valence-corrected chi connectivity index (χ3v) is 15.0. The summed E-state index contributed by atoms with van der Waals surface area (Å²) in [6.45, 7) is 6.77. The highest BCUT2D eigenvalue weighted by Crippen LogP contribution is 2.34. The van der Waals surface area contributed by atoms with Gasteiger partial charge in [-0.15, -0.1) is 0 Å². The average Bonchev–Trinajstić information content (AvgIpc) is 3.36. The molecule has 0 radical (unpaired) electrons. The predicted molar refractivity (Wildman–Crippen MR) is 287 cm³/mol. The molecule has 0 aliphatic heterocycles. The fourth-order valence-corrected chi connectivity index (χ4v) is 9.80. The van der Waals surface area contributed by atoms with Gasteiger partial charge in [-0.2, -0.15) is 0 Å². The number of carbonyl (C=O) groups excluding carboxylic acids is 5. The van der Waals surface area contributed by atoms with Crippen molar-refractivity contribution in [3.8, 4) is 0 Å². The van der Waals surface area contributed by atoms with Crippen LogP contribution in [0, 0.1) is 0 Å². The van der Waals surface area contributed by atoms with E-state index < -0.39 is 30.4 Å². The van der Waals surface area contributed by atoms with Crippen molar-refractivity contribution in [2.75, 3.05) is 40.0 Å². The molecule has 0 saturated carbocycles. The summed E-state index contributed by atoms with van der Waals surface area (Å²) in [6, 6.07) is 7.62. The fraction of sp³-hybridized carbons (Fsp3) is 0.800. The van der Waals surface area contributed by atoms with Gasteiger partial charge in [0.05, 0.1) is 7.11 Å². The van der Waals surface area contributed by atoms with Crippen LogP contribution in [0.5, 0.6) is 0 Å². The molecule has 1 aromatic carbocycles. The van der Waals surface area contributed by atoms with Crippen LogP contribution < -0.4 is 16.0 Å². The molecule has 2 atom stereocenters. The highest BCUT2D eigenvalue weighted by Gasteiger charge is 2.20. The summed E-state index contributed by atoms with van der Waals surface area (Å²) in [5.74, 6) is -0.765. The molecule has 1 rings (SSSR count). The molecular formula is C55H97N3O10S2. The molecule has 0 aliphatic carbocycles. The maximum absolute atomic E-state index is 12.8. The SMILES string of the molecule is CCCCCCCCCCCCCCCCCC(=O)OCC(COC(=O)NCCNC(=O)OCc1ccc(SSC(C)CNC(=O)OC)cc1)OC(=O)CCCCCCCCCCCCCCCCC. The molecule has 3 amide bonds. The second-order valence-electron chi connectivity index (χ2n) is 18.7. The molecule has 15 heteroatoms. The van der Waals surface area contributed by atoms with E-state index in [4.69, 9.17) is 18.9 Å². The number of unbranched alkanes of at least 4 members (excludes halogenated alkanes) is 28. The smallest absolute Gasteiger partial charge is 0.407 e. The largest absolute Gasteiger partial charge is 0.462 e. The summed E-state index contributed by atoms with van der Waals surface area (Å²) in [6.07, 6.45) is 35.0. The number of rotatable bonds is 47. The van der Waals surface area contributed by atoms with Gasteiger partial charge in [0.25, 0.3) is 0 Å². The molecule has 0 spiro atoms. The van der Waals surface area contributed by atoms with Gasteiger partial charge in [0.1, 0.15) is 19.8 Å². The van der Waals surface area contributed by atoms with E-state index in [9.17, 15) is 24.0 Å². The first kappa shape index (κ1) is 64.7. The minimum Gasteiger partial charge on any atom is -0.462 e. The summed E-state index contributed by atoms with van der Waals surface area (Å²) in [5, 5.41) is 8.02. The van der Waals surface area contributed by atoms with Crippen molar-refractivity contribution < 1.29 is 47.7 Å². The van der Waals surface area contributed by atoms with Gasteiger partial charge in [0, 0.05) is 42.6 Å². The monoisotopic (exact) mass is 1020 g/mol. The van der Waals surface area contributed by atoms with Gasteiger partial charge >= 0.3 is 30.2 Å². The van der Waals surface area contributed by atoms with Crippen LogP contribution in [0.15, 0.2) is 29.2 Å². The van der Waals surface area contributed by atoms with Crippen molar-refractivity contribution in [1.29, 1.82) is 0 Å². The Hall–Kier alpha value is -3.33. The normalized spacial score (nSPS) is 11.9. The quantitative estimate of drug-likeness (QED) is 0.0245. The van der Waals surface area contributed by atoms with E-state index in [0.717, 1.165) is 42.6 Å². The van der Waals surface area contributed by atoms with E-state index in [1.807, 2.05) is 31.2 Å². The Morgan fingerprint density at radius 3 is 1.33 bits per heavy atom. The molecular weight excluding hydrogens is 927 g/mol. The van der Waals surface area contributed by atoms with Crippen LogP contribution in [0.2, 0.25) is 0 Å². The van der Waals surface area contributed by atoms with Crippen molar-refractivity contribution in [3.05, 3.63) is 29.8 Å². The Morgan fingerprint density at radius 1 is 0.486 bits per heavy atom. The highest BCUT2D eigenvalue weighted by molar-refractivity contribution is 8.77. The number of nitrogens with one attached hydrogen (secondary N) is 3. The van der Waals surface area contributed by atoms with E-state index >= 15 is 0 Å². The predicted octanol–water partition coefficient (Wildman–Crippen LogP) is 15.1. The molecule has 0 saturated heterocycles. The summed E-state index contributed by atoms with van der Waals surface area (Å²) in [7, 11) is 4.53. The zero-order valence-electron chi connectivity index (χ0n) is 44.2. The van der Waals surface area contributed by atoms with Crippen LogP contribution in [0.1, 0.15) is 232 Å². The number of methoxy groups -OCH3 is 1. The summed E-state index contributed by atoms with van der Waals surface area (Å²) in [4.78, 5) is 62.6. The van der Waals surface area contributed by atoms with E-state index in [2.05, 4.69) is 34.5 Å². The molecule has 13 nitrogen and oxygen atoms in total. The standard InChI is InChI=1S/C55H97N3O10S2/c1-5-7-9-11-13-15-17-19-21-23-25-27-29-31-33-35-51(59)65-45-49(68-52(60)36-34-32-30-28-26-24-22-20-18-16-14-12-10-8-6-2)46-67-55(63)57-42-41-56-54(62)66-44-48-37-39-50(40-38-48)70-69-47(3)43-58-53(61)64-4/h37-40,47,49H,5-36,41-46H2,1-4H3,(H,56,62)(H,57,63)(H,58,61). The van der Waals surface area contributed by atoms with Crippen molar-refractivity contribution >= 4 is 51.8 Å². The van der Waals surface area contributed by atoms with Crippen LogP contribution >= 0.6 is 21.6 Å². The summed E-state index contributed by atoms with van der Waals surface area (Å²) < 4.78 is 26.4. The Kier molecular flexibility index (Phi) is 44.3. The van der Waals surface area contributed by atoms with Gasteiger partial charge in [-0.25, -0.2) is 14.4 Å². The van der Waals surface area contributed by atoms with E-state index in [-0.39, 0.29) is 50.6 Å². The van der Waals surface area contributed by atoms with Gasteiger partial charge in [-0.3, -0.25) is 9.59 Å². The van der Waals surface area contributed by atoms with Crippen molar-refractivity contribution in [3.63, 3.8) is 0 Å². The first-order chi connectivity index (χ1) is 34.2. The van der Waals surface area contributed by atoms with Crippen LogP contribution in [-0.2, 0) is 39.9 Å². The number of benzene rings is 1. The Labute approximate surface area is 432 Å². The lowest BCUT2D eigenvalue weighted by Crippen LogP contribution is -2.37. The number of hydrogen-bond acceptors (Lipinski definition) is 12. The third-order valence-electron chi connectivity index (χ3n) is 12.1. The maximum atomic E-state index is 12.8. The van der Waals surface area contributed by atoms with Gasteiger partial charge in [-0.1, -0.05) is 234 Å². The number of carbonyl (C=O) groups is 5. The molecule has 0 fully saturated rings. The third kappa shape index (κ3) is 42.4. The first-order valence-corrected chi connectivity index (χ1v) is 29.8. The molecule has 3 N–H and O–H groups in total. The molecule has 1 aromatic rings. The molecule has 0 aliphatic rings. The highest BCUT2D eigenvalue weighted by atomic mass is 33.1. The molecule has 70 heavy (non-hydrogen) atoms. The van der Waals surface area contributed by atoms with Crippen LogP contribution in [0.4, 0.5) is 14.4 Å². The molecule has 0 bridgehead atoms. The number of hydrogen-bond donors (Lipinski definition) is 3. The van der Waals surface area contributed by atoms with Crippen LogP contribution in [0.3, 0.4) is 0 Å². The Bertz CT molecular complexity index is 1440. The fourth-order valence-electron chi connectivity index (χ4n) is 7.76. The van der Waals surface area contributed by atoms with Crippen molar-refractivity contribution in [1.82, 2.24) is 16.0 Å². The molecule has 404 valence electrons. The Morgan fingerprint density at radius 2 is 0.886 bits per heavy atom. The Balaban J connectivity index is 2.37. The molecule has 0 aromatic heterocycles. The minimum atomic E-state index is -0.932. The number of amides is 3. The minimum absolute atomic E-state index is 0.0719. The topological polar surface area (TPSA) is 168 Å². The van der Waals surface area contributed by atoms with Crippen LogP contribution in [0.25, 0.3) is 0 Å². The van der Waals surface area contributed by atoms with Crippen molar-refractivity contribution in [2.24, 2.45) is 0 Å². The van der Waals surface area contributed by atoms with Gasteiger partial charge in [0.15, 0.2) is 6.10 Å². The number of esters is 2. The van der Waals surface area contributed by atoms with E-state index in [0.29, 0.717) is 19.4 Å². The second kappa shape index (κ2) is 48.0. The number of alkyl carbamates (subject to hydrolysis) is 3.